The molecule has 9 aromatic carbocycles. The lowest BCUT2D eigenvalue weighted by Crippen LogP contribution is -2.62. The van der Waals surface area contributed by atoms with Gasteiger partial charge in [0.15, 0.2) is 0 Å². The van der Waals surface area contributed by atoms with Gasteiger partial charge < -0.3 is 14.2 Å². The van der Waals surface area contributed by atoms with Crippen LogP contribution in [0.25, 0.3) is 64.4 Å². The van der Waals surface area contributed by atoms with Gasteiger partial charge in [-0.15, -0.1) is 11.3 Å². The van der Waals surface area contributed by atoms with Crippen LogP contribution in [0, 0.1) is 6.92 Å². The minimum absolute atomic E-state index is 0.00305. The van der Waals surface area contributed by atoms with Crippen molar-refractivity contribution < 1.29 is 4.42 Å². The van der Waals surface area contributed by atoms with E-state index in [0.29, 0.717) is 0 Å². The summed E-state index contributed by atoms with van der Waals surface area (Å²) < 4.78 is 9.24. The quantitative estimate of drug-likeness (QED) is 0.164. The molecule has 0 saturated heterocycles. The average Bonchev–Trinajstić information content (AvgIpc) is 3.96. The molecule has 1 aliphatic carbocycles. The number of hydrogen-bond acceptors (Lipinski definition) is 4. The summed E-state index contributed by atoms with van der Waals surface area (Å²) in [5.74, 6) is 0. The maximum atomic E-state index is 6.55. The van der Waals surface area contributed by atoms with Crippen molar-refractivity contribution in [2.75, 3.05) is 9.80 Å². The monoisotopic (exact) mass is 1000 g/mol. The molecule has 0 saturated carbocycles. The van der Waals surface area contributed by atoms with E-state index in [9.17, 15) is 0 Å². The lowest BCUT2D eigenvalue weighted by Gasteiger charge is -2.48. The number of rotatable bonds is 4. The number of benzene rings is 9. The average molecular weight is 1010 g/mol. The number of furan rings is 1. The third-order valence-electron chi connectivity index (χ3n) is 17.7. The molecule has 374 valence electrons. The molecule has 0 unspecified atom stereocenters. The summed E-state index contributed by atoms with van der Waals surface area (Å²) in [4.78, 5) is 5.37. The molecule has 5 heteroatoms. The minimum Gasteiger partial charge on any atom is -0.456 e. The zero-order valence-electron chi connectivity index (χ0n) is 45.9. The topological polar surface area (TPSA) is 19.6 Å². The van der Waals surface area contributed by atoms with Crippen LogP contribution in [-0.2, 0) is 21.7 Å². The van der Waals surface area contributed by atoms with E-state index >= 15 is 0 Å². The van der Waals surface area contributed by atoms with Gasteiger partial charge in [0.05, 0.1) is 11.4 Å². The Morgan fingerprint density at radius 1 is 0.513 bits per heavy atom. The summed E-state index contributed by atoms with van der Waals surface area (Å²) in [6.45, 7) is 26.2. The number of para-hydroxylation sites is 1. The van der Waals surface area contributed by atoms with Gasteiger partial charge in [0.2, 0.25) is 0 Å². The molecule has 0 atom stereocenters. The van der Waals surface area contributed by atoms with Crippen LogP contribution in [0.2, 0.25) is 0 Å². The molecule has 3 aliphatic rings. The molecule has 4 heterocycles. The molecule has 0 bridgehead atoms. The molecule has 2 aliphatic heterocycles. The Morgan fingerprint density at radius 3 is 1.95 bits per heavy atom. The van der Waals surface area contributed by atoms with Gasteiger partial charge in [0.25, 0.3) is 6.71 Å². The van der Waals surface area contributed by atoms with Crippen molar-refractivity contribution in [1.82, 2.24) is 0 Å². The highest BCUT2D eigenvalue weighted by atomic mass is 32.1. The second-order valence-corrected chi connectivity index (χ2v) is 26.7. The molecule has 0 N–H and O–H groups in total. The molecule has 0 spiro atoms. The van der Waals surface area contributed by atoms with Crippen molar-refractivity contribution >= 4 is 111 Å². The molecule has 3 nitrogen and oxygen atoms in total. The molecule has 14 rings (SSSR count). The van der Waals surface area contributed by atoms with E-state index in [2.05, 4.69) is 256 Å². The Kier molecular flexibility index (Phi) is 10.1. The Morgan fingerprint density at radius 2 is 1.20 bits per heavy atom. The molecule has 0 fully saturated rings. The minimum atomic E-state index is -0.0720. The maximum Gasteiger partial charge on any atom is 0.252 e. The summed E-state index contributed by atoms with van der Waals surface area (Å²) in [5, 5.41) is 4.91. The van der Waals surface area contributed by atoms with Crippen molar-refractivity contribution in [2.45, 2.75) is 111 Å². The number of thiophene rings is 1. The van der Waals surface area contributed by atoms with E-state index in [1.54, 1.807) is 0 Å². The second kappa shape index (κ2) is 16.3. The molecular weight excluding hydrogens is 940 g/mol. The van der Waals surface area contributed by atoms with Crippen LogP contribution < -0.4 is 26.2 Å². The summed E-state index contributed by atoms with van der Waals surface area (Å²) in [6, 6.07) is 65.3. The zero-order valence-corrected chi connectivity index (χ0v) is 46.7. The van der Waals surface area contributed by atoms with Crippen LogP contribution in [-0.4, -0.2) is 6.71 Å². The maximum absolute atomic E-state index is 6.55. The lowest BCUT2D eigenvalue weighted by atomic mass is 9.33. The standard InChI is InChI=1S/C71H65BN2OS/c1-42-20-15-16-23-47(42)44-36-59-65-60(37-44)74(57-31-28-45(68(2,3)4)38-50(57)43-21-13-12-14-22-43)66-55(30-33-63-64(66)49-25-19-26-52(67(49)76-63)69(5,6)7)72(65)56-40-53-54(71(10,11)35-34-70(53,8)9)41-58(56)73(59)46-29-32-62-51(39-46)48-24-17-18-27-61(48)75-62/h12-33,36-41H,34-35H2,1-11H3. The van der Waals surface area contributed by atoms with Crippen molar-refractivity contribution in [1.29, 1.82) is 0 Å². The van der Waals surface area contributed by atoms with Gasteiger partial charge in [-0.1, -0.05) is 178 Å². The molecule has 11 aromatic rings. The highest BCUT2D eigenvalue weighted by Crippen LogP contribution is 2.55. The van der Waals surface area contributed by atoms with E-state index in [1.807, 2.05) is 11.3 Å². The molecule has 2 aromatic heterocycles. The van der Waals surface area contributed by atoms with Gasteiger partial charge in [0.1, 0.15) is 11.2 Å². The van der Waals surface area contributed by atoms with Crippen molar-refractivity contribution in [3.63, 3.8) is 0 Å². The van der Waals surface area contributed by atoms with Crippen molar-refractivity contribution in [3.8, 4) is 22.3 Å². The van der Waals surface area contributed by atoms with Crippen LogP contribution in [0.15, 0.2) is 174 Å². The molecule has 0 amide bonds. The molecule has 0 radical (unpaired) electrons. The molecular formula is C71H65BN2OS. The summed E-state index contributed by atoms with van der Waals surface area (Å²) >= 11 is 1.96. The molecule has 76 heavy (non-hydrogen) atoms. The number of aryl methyl sites for hydroxylation is 1. The van der Waals surface area contributed by atoms with Crippen LogP contribution in [0.1, 0.15) is 110 Å². The SMILES string of the molecule is Cc1ccccc1-c1cc2c3c(c1)N(c1ccc(C(C)(C)C)cc1-c1ccccc1)c1c(ccc4sc5c(C(C)(C)C)cccc5c14)B3c1cc3c(cc1N2c1ccc2oc4ccccc4c2c1)C(C)(C)CCC3(C)C. The predicted octanol–water partition coefficient (Wildman–Crippen LogP) is 18.6. The lowest BCUT2D eigenvalue weighted by molar-refractivity contribution is 0.332. The summed E-state index contributed by atoms with van der Waals surface area (Å²) in [7, 11) is 0. The fourth-order valence-electron chi connectivity index (χ4n) is 13.5. The number of nitrogens with zero attached hydrogens (tertiary/aromatic N) is 2. The van der Waals surface area contributed by atoms with Crippen LogP contribution >= 0.6 is 11.3 Å². The van der Waals surface area contributed by atoms with Crippen LogP contribution in [0.3, 0.4) is 0 Å². The Labute approximate surface area is 452 Å². The van der Waals surface area contributed by atoms with Gasteiger partial charge >= 0.3 is 0 Å². The Balaban J connectivity index is 1.19. The fourth-order valence-corrected chi connectivity index (χ4v) is 14.9. The van der Waals surface area contributed by atoms with E-state index in [0.717, 1.165) is 40.5 Å². The van der Waals surface area contributed by atoms with Gasteiger partial charge in [-0.05, 0) is 163 Å². The highest BCUT2D eigenvalue weighted by molar-refractivity contribution is 7.26. The fraction of sp³-hybridized carbons (Fsp3) is 0.239. The van der Waals surface area contributed by atoms with Crippen LogP contribution in [0.5, 0.6) is 0 Å². The normalized spacial score (nSPS) is 15.6. The first-order valence-electron chi connectivity index (χ1n) is 27.5. The van der Waals surface area contributed by atoms with E-state index in [-0.39, 0.29) is 28.4 Å². The first-order valence-corrected chi connectivity index (χ1v) is 28.3. The van der Waals surface area contributed by atoms with Gasteiger partial charge in [-0.3, -0.25) is 0 Å². The number of anilines is 6. The second-order valence-electron chi connectivity index (χ2n) is 25.6. The van der Waals surface area contributed by atoms with Crippen molar-refractivity contribution in [2.24, 2.45) is 0 Å². The third-order valence-corrected chi connectivity index (χ3v) is 18.9. The zero-order chi connectivity index (χ0) is 52.4. The largest absolute Gasteiger partial charge is 0.456 e. The summed E-state index contributed by atoms with van der Waals surface area (Å²) in [6.07, 6.45) is 2.27. The number of fused-ring (bicyclic) bond motifs is 12. The number of hydrogen-bond donors (Lipinski definition) is 0. The summed E-state index contributed by atoms with van der Waals surface area (Å²) in [5.41, 5.74) is 24.8. The first-order chi connectivity index (χ1) is 36.4. The Hall–Kier alpha value is -7.34. The van der Waals surface area contributed by atoms with Gasteiger partial charge in [-0.25, -0.2) is 0 Å². The first kappa shape index (κ1) is 47.1. The predicted molar refractivity (Wildman–Crippen MR) is 329 cm³/mol. The van der Waals surface area contributed by atoms with Crippen molar-refractivity contribution in [3.05, 3.63) is 198 Å². The Bertz CT molecular complexity index is 4230. The van der Waals surface area contributed by atoms with E-state index in [1.165, 1.54) is 115 Å². The van der Waals surface area contributed by atoms with E-state index in [4.69, 9.17) is 4.42 Å². The smallest absolute Gasteiger partial charge is 0.252 e. The van der Waals surface area contributed by atoms with E-state index < -0.39 is 0 Å². The third kappa shape index (κ3) is 7.00. The van der Waals surface area contributed by atoms with Crippen LogP contribution in [0.4, 0.5) is 34.1 Å². The van der Waals surface area contributed by atoms with Gasteiger partial charge in [0, 0.05) is 59.3 Å². The highest BCUT2D eigenvalue weighted by Gasteiger charge is 2.48. The van der Waals surface area contributed by atoms with Gasteiger partial charge in [-0.2, -0.15) is 0 Å².